The molecule has 1 aromatic heterocycles. The normalized spacial score (nSPS) is 12.0. The van der Waals surface area contributed by atoms with Crippen molar-refractivity contribution in [3.05, 3.63) is 23.4 Å². The van der Waals surface area contributed by atoms with Crippen LogP contribution in [-0.2, 0) is 6.54 Å². The highest BCUT2D eigenvalue weighted by Crippen LogP contribution is 2.24. The first kappa shape index (κ1) is 17.0. The molecule has 114 valence electrons. The SMILES string of the molecule is CCC(C)(C)N(C)c1ccc(CNCC(C)C)c(C)n1. The van der Waals surface area contributed by atoms with Gasteiger partial charge in [0.25, 0.3) is 0 Å². The van der Waals surface area contributed by atoms with Crippen LogP contribution in [0.1, 0.15) is 52.3 Å². The minimum absolute atomic E-state index is 0.136. The molecule has 1 aromatic rings. The summed E-state index contributed by atoms with van der Waals surface area (Å²) in [6, 6.07) is 4.34. The first-order chi connectivity index (χ1) is 9.27. The van der Waals surface area contributed by atoms with Crippen LogP contribution in [0.25, 0.3) is 0 Å². The standard InChI is InChI=1S/C17H31N3/c1-8-17(5,6)20(7)16-10-9-15(14(4)19-16)12-18-11-13(2)3/h9-10,13,18H,8,11-12H2,1-7H3. The van der Waals surface area contributed by atoms with Crippen molar-refractivity contribution in [2.75, 3.05) is 18.5 Å². The summed E-state index contributed by atoms with van der Waals surface area (Å²) in [5.41, 5.74) is 2.55. The van der Waals surface area contributed by atoms with E-state index in [2.05, 4.69) is 70.9 Å². The van der Waals surface area contributed by atoms with Crippen LogP contribution in [0.5, 0.6) is 0 Å². The molecular weight excluding hydrogens is 246 g/mol. The second-order valence-electron chi connectivity index (χ2n) is 6.66. The van der Waals surface area contributed by atoms with E-state index in [1.165, 1.54) is 5.56 Å². The third kappa shape index (κ3) is 4.48. The summed E-state index contributed by atoms with van der Waals surface area (Å²) in [6.07, 6.45) is 1.10. The molecule has 0 atom stereocenters. The van der Waals surface area contributed by atoms with Gasteiger partial charge in [-0.3, -0.25) is 0 Å². The zero-order chi connectivity index (χ0) is 15.3. The van der Waals surface area contributed by atoms with Crippen molar-refractivity contribution in [2.45, 2.75) is 60.0 Å². The molecule has 3 nitrogen and oxygen atoms in total. The molecule has 0 saturated heterocycles. The third-order valence-corrected chi connectivity index (χ3v) is 4.17. The quantitative estimate of drug-likeness (QED) is 0.822. The fourth-order valence-corrected chi connectivity index (χ4v) is 1.99. The summed E-state index contributed by atoms with van der Waals surface area (Å²) in [4.78, 5) is 7.04. The van der Waals surface area contributed by atoms with Gasteiger partial charge in [0.05, 0.1) is 0 Å². The van der Waals surface area contributed by atoms with Crippen molar-refractivity contribution >= 4 is 5.82 Å². The van der Waals surface area contributed by atoms with Gasteiger partial charge in [-0.25, -0.2) is 4.98 Å². The van der Waals surface area contributed by atoms with Gasteiger partial charge in [-0.05, 0) is 51.3 Å². The topological polar surface area (TPSA) is 28.2 Å². The largest absolute Gasteiger partial charge is 0.355 e. The summed E-state index contributed by atoms with van der Waals surface area (Å²) in [5.74, 6) is 1.74. The summed E-state index contributed by atoms with van der Waals surface area (Å²) in [5, 5.41) is 3.48. The summed E-state index contributed by atoms with van der Waals surface area (Å²) in [7, 11) is 2.13. The maximum atomic E-state index is 4.77. The van der Waals surface area contributed by atoms with Gasteiger partial charge in [0.1, 0.15) is 5.82 Å². The van der Waals surface area contributed by atoms with Gasteiger partial charge in [0.2, 0.25) is 0 Å². The molecule has 1 rings (SSSR count). The molecule has 0 unspecified atom stereocenters. The number of pyridine rings is 1. The van der Waals surface area contributed by atoms with E-state index in [0.29, 0.717) is 5.92 Å². The lowest BCUT2D eigenvalue weighted by Gasteiger charge is -2.36. The van der Waals surface area contributed by atoms with E-state index in [1.807, 2.05) is 0 Å². The maximum Gasteiger partial charge on any atom is 0.128 e. The summed E-state index contributed by atoms with van der Waals surface area (Å²) in [6.45, 7) is 15.2. The van der Waals surface area contributed by atoms with Crippen LogP contribution in [0.15, 0.2) is 12.1 Å². The number of aromatic nitrogens is 1. The average molecular weight is 277 g/mol. The molecule has 0 aromatic carbocycles. The Kier molecular flexibility index (Phi) is 6.00. The predicted octanol–water partition coefficient (Wildman–Crippen LogP) is 3.76. The Balaban J connectivity index is 2.77. The van der Waals surface area contributed by atoms with Crippen LogP contribution in [-0.4, -0.2) is 24.1 Å². The van der Waals surface area contributed by atoms with E-state index >= 15 is 0 Å². The highest BCUT2D eigenvalue weighted by Gasteiger charge is 2.22. The minimum atomic E-state index is 0.136. The third-order valence-electron chi connectivity index (χ3n) is 4.17. The maximum absolute atomic E-state index is 4.77. The molecule has 0 bridgehead atoms. The molecule has 0 spiro atoms. The number of hydrogen-bond donors (Lipinski definition) is 1. The van der Waals surface area contributed by atoms with Crippen molar-refractivity contribution in [1.82, 2.24) is 10.3 Å². The fourth-order valence-electron chi connectivity index (χ4n) is 1.99. The molecule has 1 N–H and O–H groups in total. The first-order valence-electron chi connectivity index (χ1n) is 7.69. The number of anilines is 1. The minimum Gasteiger partial charge on any atom is -0.355 e. The van der Waals surface area contributed by atoms with Crippen LogP contribution >= 0.6 is 0 Å². The van der Waals surface area contributed by atoms with Gasteiger partial charge in [-0.1, -0.05) is 26.8 Å². The lowest BCUT2D eigenvalue weighted by atomic mass is 10.00. The lowest BCUT2D eigenvalue weighted by molar-refractivity contribution is 0.467. The molecular formula is C17H31N3. The van der Waals surface area contributed by atoms with Gasteiger partial charge in [0, 0.05) is 24.8 Å². The van der Waals surface area contributed by atoms with Gasteiger partial charge in [0.15, 0.2) is 0 Å². The number of nitrogens with zero attached hydrogens (tertiary/aromatic N) is 2. The van der Waals surface area contributed by atoms with Gasteiger partial charge >= 0.3 is 0 Å². The Morgan fingerprint density at radius 3 is 2.45 bits per heavy atom. The number of hydrogen-bond acceptors (Lipinski definition) is 3. The molecule has 0 aliphatic heterocycles. The van der Waals surface area contributed by atoms with Crippen LogP contribution in [0.2, 0.25) is 0 Å². The number of aryl methyl sites for hydroxylation is 1. The Morgan fingerprint density at radius 2 is 1.95 bits per heavy atom. The van der Waals surface area contributed by atoms with Crippen LogP contribution < -0.4 is 10.2 Å². The molecule has 0 aliphatic rings. The lowest BCUT2D eigenvalue weighted by Crippen LogP contribution is -2.41. The van der Waals surface area contributed by atoms with Crippen LogP contribution in [0, 0.1) is 12.8 Å². The Labute approximate surface area is 124 Å². The molecule has 0 fully saturated rings. The highest BCUT2D eigenvalue weighted by atomic mass is 15.2. The van der Waals surface area contributed by atoms with Crippen LogP contribution in [0.3, 0.4) is 0 Å². The van der Waals surface area contributed by atoms with E-state index in [1.54, 1.807) is 0 Å². The zero-order valence-corrected chi connectivity index (χ0v) is 14.2. The molecule has 0 saturated carbocycles. The summed E-state index contributed by atoms with van der Waals surface area (Å²) < 4.78 is 0. The van der Waals surface area contributed by atoms with E-state index in [0.717, 1.165) is 31.0 Å². The van der Waals surface area contributed by atoms with Gasteiger partial charge in [-0.15, -0.1) is 0 Å². The molecule has 20 heavy (non-hydrogen) atoms. The second kappa shape index (κ2) is 7.07. The molecule has 0 amide bonds. The second-order valence-corrected chi connectivity index (χ2v) is 6.66. The van der Waals surface area contributed by atoms with Crippen molar-refractivity contribution < 1.29 is 0 Å². The monoisotopic (exact) mass is 277 g/mol. The average Bonchev–Trinajstić information content (AvgIpc) is 2.39. The van der Waals surface area contributed by atoms with E-state index in [-0.39, 0.29) is 5.54 Å². The van der Waals surface area contributed by atoms with E-state index in [4.69, 9.17) is 4.98 Å². The van der Waals surface area contributed by atoms with E-state index in [9.17, 15) is 0 Å². The van der Waals surface area contributed by atoms with Crippen molar-refractivity contribution in [3.63, 3.8) is 0 Å². The van der Waals surface area contributed by atoms with Crippen molar-refractivity contribution in [2.24, 2.45) is 5.92 Å². The highest BCUT2D eigenvalue weighted by molar-refractivity contribution is 5.43. The molecule has 1 heterocycles. The van der Waals surface area contributed by atoms with Crippen molar-refractivity contribution in [1.29, 1.82) is 0 Å². The fraction of sp³-hybridized carbons (Fsp3) is 0.706. The Morgan fingerprint density at radius 1 is 1.30 bits per heavy atom. The van der Waals surface area contributed by atoms with Gasteiger partial charge in [-0.2, -0.15) is 0 Å². The summed E-state index contributed by atoms with van der Waals surface area (Å²) >= 11 is 0. The number of rotatable bonds is 7. The van der Waals surface area contributed by atoms with E-state index < -0.39 is 0 Å². The van der Waals surface area contributed by atoms with Crippen LogP contribution in [0.4, 0.5) is 5.82 Å². The first-order valence-corrected chi connectivity index (χ1v) is 7.69. The zero-order valence-electron chi connectivity index (χ0n) is 14.2. The van der Waals surface area contributed by atoms with Gasteiger partial charge < -0.3 is 10.2 Å². The Hall–Kier alpha value is -1.09. The molecule has 0 aliphatic carbocycles. The predicted molar refractivity (Wildman–Crippen MR) is 88.3 cm³/mol. The van der Waals surface area contributed by atoms with Crippen molar-refractivity contribution in [3.8, 4) is 0 Å². The molecule has 0 radical (unpaired) electrons. The molecule has 3 heteroatoms. The smallest absolute Gasteiger partial charge is 0.128 e. The Bertz CT molecular complexity index is 424. The number of nitrogens with one attached hydrogen (secondary N) is 1.